The number of hydrogen-bond donors (Lipinski definition) is 0. The molecule has 1 aromatic carbocycles. The maximum Gasteiger partial charge on any atom is 0.304 e. The first-order chi connectivity index (χ1) is 8.87. The van der Waals surface area contributed by atoms with Crippen LogP contribution in [0, 0.1) is 21.3 Å². The molecule has 5 heteroatoms. The van der Waals surface area contributed by atoms with E-state index >= 15 is 0 Å². The SMILES string of the molecule is CC1(C)CCCN(Cc2ccc([N+](=O)[O-])c(F)c2)C1. The summed E-state index contributed by atoms with van der Waals surface area (Å²) in [6, 6.07) is 4.17. The molecule has 1 heterocycles. The lowest BCUT2D eigenvalue weighted by molar-refractivity contribution is -0.387. The molecule has 0 amide bonds. The van der Waals surface area contributed by atoms with Gasteiger partial charge >= 0.3 is 5.69 Å². The smallest absolute Gasteiger partial charge is 0.299 e. The highest BCUT2D eigenvalue weighted by Gasteiger charge is 2.26. The quantitative estimate of drug-likeness (QED) is 0.622. The van der Waals surface area contributed by atoms with Crippen molar-refractivity contribution in [1.29, 1.82) is 0 Å². The minimum absolute atomic E-state index is 0.289. The second kappa shape index (κ2) is 5.25. The maximum atomic E-state index is 13.5. The molecule has 19 heavy (non-hydrogen) atoms. The number of nitrogens with zero attached hydrogens (tertiary/aromatic N) is 2. The Bertz CT molecular complexity index is 488. The third kappa shape index (κ3) is 3.50. The molecule has 0 radical (unpaired) electrons. The van der Waals surface area contributed by atoms with Crippen LogP contribution in [0.3, 0.4) is 0 Å². The summed E-state index contributed by atoms with van der Waals surface area (Å²) in [4.78, 5) is 12.2. The molecule has 4 nitrogen and oxygen atoms in total. The molecule has 1 saturated heterocycles. The molecule has 0 spiro atoms. The molecule has 0 aromatic heterocycles. The van der Waals surface area contributed by atoms with Crippen molar-refractivity contribution in [3.05, 3.63) is 39.7 Å². The predicted molar refractivity (Wildman–Crippen MR) is 71.3 cm³/mol. The van der Waals surface area contributed by atoms with Gasteiger partial charge in [0.15, 0.2) is 0 Å². The average molecular weight is 266 g/mol. The molecular weight excluding hydrogens is 247 g/mol. The predicted octanol–water partition coefficient (Wildman–Crippen LogP) is 3.36. The van der Waals surface area contributed by atoms with Gasteiger partial charge in [0.25, 0.3) is 0 Å². The normalized spacial score (nSPS) is 19.3. The van der Waals surface area contributed by atoms with Gasteiger partial charge in [0, 0.05) is 19.2 Å². The number of nitro groups is 1. The van der Waals surface area contributed by atoms with Crippen molar-refractivity contribution >= 4 is 5.69 Å². The van der Waals surface area contributed by atoms with Gasteiger partial charge in [-0.1, -0.05) is 19.9 Å². The number of rotatable bonds is 3. The largest absolute Gasteiger partial charge is 0.304 e. The van der Waals surface area contributed by atoms with E-state index < -0.39 is 16.4 Å². The standard InChI is InChI=1S/C14H19FN2O2/c1-14(2)6-3-7-16(10-14)9-11-4-5-13(17(18)19)12(15)8-11/h4-5,8H,3,6-7,9-10H2,1-2H3. The van der Waals surface area contributed by atoms with E-state index in [9.17, 15) is 14.5 Å². The van der Waals surface area contributed by atoms with Gasteiger partial charge in [0.2, 0.25) is 5.82 Å². The van der Waals surface area contributed by atoms with E-state index in [1.807, 2.05) is 0 Å². The zero-order valence-electron chi connectivity index (χ0n) is 11.4. The third-order valence-corrected chi connectivity index (χ3v) is 3.59. The van der Waals surface area contributed by atoms with Gasteiger partial charge in [-0.05, 0) is 36.4 Å². The minimum atomic E-state index is -0.751. The summed E-state index contributed by atoms with van der Waals surface area (Å²) in [6.45, 7) is 7.09. The van der Waals surface area contributed by atoms with Crippen LogP contribution >= 0.6 is 0 Å². The van der Waals surface area contributed by atoms with Gasteiger partial charge in [-0.2, -0.15) is 4.39 Å². The molecule has 0 atom stereocenters. The van der Waals surface area contributed by atoms with Crippen molar-refractivity contribution in [1.82, 2.24) is 4.90 Å². The Kier molecular flexibility index (Phi) is 3.85. The average Bonchev–Trinajstić information content (AvgIpc) is 2.27. The topological polar surface area (TPSA) is 46.4 Å². The Balaban J connectivity index is 2.07. The van der Waals surface area contributed by atoms with E-state index in [0.717, 1.165) is 25.1 Å². The molecule has 1 aromatic rings. The molecule has 104 valence electrons. The molecule has 1 fully saturated rings. The summed E-state index contributed by atoms with van der Waals surface area (Å²) in [5.74, 6) is -0.751. The summed E-state index contributed by atoms with van der Waals surface area (Å²) >= 11 is 0. The van der Waals surface area contributed by atoms with Crippen LogP contribution in [0.1, 0.15) is 32.3 Å². The van der Waals surface area contributed by atoms with Crippen LogP contribution in [-0.2, 0) is 6.54 Å². The highest BCUT2D eigenvalue weighted by atomic mass is 19.1. The fourth-order valence-electron chi connectivity index (χ4n) is 2.73. The summed E-state index contributed by atoms with van der Waals surface area (Å²) < 4.78 is 13.5. The van der Waals surface area contributed by atoms with Gasteiger partial charge in [0.05, 0.1) is 4.92 Å². The molecule has 0 N–H and O–H groups in total. The number of piperidine rings is 1. The van der Waals surface area contributed by atoms with Crippen LogP contribution < -0.4 is 0 Å². The lowest BCUT2D eigenvalue weighted by atomic mass is 9.84. The van der Waals surface area contributed by atoms with Crippen molar-refractivity contribution in [3.8, 4) is 0 Å². The Morgan fingerprint density at radius 3 is 2.79 bits per heavy atom. The van der Waals surface area contributed by atoms with Gasteiger partial charge in [-0.25, -0.2) is 0 Å². The van der Waals surface area contributed by atoms with E-state index in [0.29, 0.717) is 6.54 Å². The Labute approximate surface area is 112 Å². The van der Waals surface area contributed by atoms with E-state index in [-0.39, 0.29) is 5.41 Å². The van der Waals surface area contributed by atoms with Crippen LogP contribution in [-0.4, -0.2) is 22.9 Å². The molecule has 0 saturated carbocycles. The van der Waals surface area contributed by atoms with Gasteiger partial charge in [-0.15, -0.1) is 0 Å². The number of benzene rings is 1. The first-order valence-corrected chi connectivity index (χ1v) is 6.53. The fourth-order valence-corrected chi connectivity index (χ4v) is 2.73. The van der Waals surface area contributed by atoms with E-state index in [2.05, 4.69) is 18.7 Å². The number of hydrogen-bond acceptors (Lipinski definition) is 3. The third-order valence-electron chi connectivity index (χ3n) is 3.59. The zero-order valence-corrected chi connectivity index (χ0v) is 11.4. The van der Waals surface area contributed by atoms with Crippen LogP contribution in [0.25, 0.3) is 0 Å². The van der Waals surface area contributed by atoms with Crippen molar-refractivity contribution in [2.45, 2.75) is 33.2 Å². The van der Waals surface area contributed by atoms with Gasteiger partial charge in [0.1, 0.15) is 0 Å². The molecule has 0 bridgehead atoms. The summed E-state index contributed by atoms with van der Waals surface area (Å²) in [7, 11) is 0. The van der Waals surface area contributed by atoms with Gasteiger partial charge < -0.3 is 0 Å². The van der Waals surface area contributed by atoms with E-state index in [1.165, 1.54) is 18.6 Å². The second-order valence-corrected chi connectivity index (χ2v) is 6.02. The van der Waals surface area contributed by atoms with E-state index in [4.69, 9.17) is 0 Å². The van der Waals surface area contributed by atoms with Crippen molar-refractivity contribution in [2.24, 2.45) is 5.41 Å². The van der Waals surface area contributed by atoms with Crippen molar-refractivity contribution in [3.63, 3.8) is 0 Å². The first-order valence-electron chi connectivity index (χ1n) is 6.53. The minimum Gasteiger partial charge on any atom is -0.299 e. The number of nitro benzene ring substituents is 1. The van der Waals surface area contributed by atoms with Crippen LogP contribution in [0.5, 0.6) is 0 Å². The number of likely N-dealkylation sites (tertiary alicyclic amines) is 1. The molecular formula is C14H19FN2O2. The summed E-state index contributed by atoms with van der Waals surface area (Å²) in [6.07, 6.45) is 2.35. The zero-order chi connectivity index (χ0) is 14.0. The van der Waals surface area contributed by atoms with Crippen molar-refractivity contribution in [2.75, 3.05) is 13.1 Å². The highest BCUT2D eigenvalue weighted by molar-refractivity contribution is 5.35. The Hall–Kier alpha value is -1.49. The van der Waals surface area contributed by atoms with E-state index in [1.54, 1.807) is 6.07 Å². The van der Waals surface area contributed by atoms with Crippen LogP contribution in [0.15, 0.2) is 18.2 Å². The molecule has 0 aliphatic carbocycles. The molecule has 1 aliphatic heterocycles. The lowest BCUT2D eigenvalue weighted by Gasteiger charge is -2.38. The van der Waals surface area contributed by atoms with Crippen LogP contribution in [0.2, 0.25) is 0 Å². The molecule has 0 unspecified atom stereocenters. The summed E-state index contributed by atoms with van der Waals surface area (Å²) in [5, 5.41) is 10.6. The fraction of sp³-hybridized carbons (Fsp3) is 0.571. The van der Waals surface area contributed by atoms with Crippen molar-refractivity contribution < 1.29 is 9.31 Å². The Morgan fingerprint density at radius 1 is 1.47 bits per heavy atom. The first kappa shape index (κ1) is 13.9. The monoisotopic (exact) mass is 266 g/mol. The maximum absolute atomic E-state index is 13.5. The van der Waals surface area contributed by atoms with Crippen LogP contribution in [0.4, 0.5) is 10.1 Å². The van der Waals surface area contributed by atoms with Gasteiger partial charge in [-0.3, -0.25) is 15.0 Å². The Morgan fingerprint density at radius 2 is 2.21 bits per heavy atom. The lowest BCUT2D eigenvalue weighted by Crippen LogP contribution is -2.39. The molecule has 2 rings (SSSR count). The summed E-state index contributed by atoms with van der Waals surface area (Å²) in [5.41, 5.74) is 0.626. The number of halogens is 1. The second-order valence-electron chi connectivity index (χ2n) is 6.02. The highest BCUT2D eigenvalue weighted by Crippen LogP contribution is 2.29. The molecule has 1 aliphatic rings.